The van der Waals surface area contributed by atoms with E-state index >= 15 is 0 Å². The van der Waals surface area contributed by atoms with Gasteiger partial charge in [-0.25, -0.2) is 9.97 Å². The number of carbonyl (C=O) groups excluding carboxylic acids is 1. The Morgan fingerprint density at radius 3 is 2.69 bits per heavy atom. The smallest absolute Gasteiger partial charge is 0.266 e. The third-order valence-electron chi connectivity index (χ3n) is 5.40. The summed E-state index contributed by atoms with van der Waals surface area (Å²) in [5, 5.41) is 4.03. The Bertz CT molecular complexity index is 1020. The van der Waals surface area contributed by atoms with Crippen molar-refractivity contribution in [1.82, 2.24) is 14.9 Å². The number of nitrogens with zero attached hydrogens (tertiary/aromatic N) is 4. The van der Waals surface area contributed by atoms with Gasteiger partial charge >= 0.3 is 0 Å². The molecule has 2 aromatic heterocycles. The highest BCUT2D eigenvalue weighted by molar-refractivity contribution is 7.20. The number of fused-ring (bicyclic) bond motifs is 1. The van der Waals surface area contributed by atoms with E-state index in [0.29, 0.717) is 4.88 Å². The van der Waals surface area contributed by atoms with Crippen LogP contribution in [0.3, 0.4) is 0 Å². The van der Waals surface area contributed by atoms with E-state index in [-0.39, 0.29) is 5.91 Å². The van der Waals surface area contributed by atoms with Crippen molar-refractivity contribution >= 4 is 39.0 Å². The average Bonchev–Trinajstić information content (AvgIpc) is 3.06. The third-order valence-corrected chi connectivity index (χ3v) is 6.60. The maximum absolute atomic E-state index is 12.9. The highest BCUT2D eigenvalue weighted by Gasteiger charge is 2.24. The number of benzene rings is 1. The predicted octanol–water partition coefficient (Wildman–Crippen LogP) is 4.09. The Kier molecular flexibility index (Phi) is 5.78. The third kappa shape index (κ3) is 4.11. The van der Waals surface area contributed by atoms with Crippen molar-refractivity contribution in [3.8, 4) is 0 Å². The molecule has 3 heterocycles. The maximum Gasteiger partial charge on any atom is 0.266 e. The first-order valence-electron chi connectivity index (χ1n) is 10.2. The second-order valence-corrected chi connectivity index (χ2v) is 8.58. The van der Waals surface area contributed by atoms with Crippen LogP contribution in [0.25, 0.3) is 10.2 Å². The lowest BCUT2D eigenvalue weighted by atomic mass is 10.1. The molecule has 0 bridgehead atoms. The Balaban J connectivity index is 1.61. The number of hydrogen-bond donors (Lipinski definition) is 1. The van der Waals surface area contributed by atoms with E-state index in [1.165, 1.54) is 17.8 Å². The summed E-state index contributed by atoms with van der Waals surface area (Å²) >= 11 is 1.44. The first-order chi connectivity index (χ1) is 14.1. The van der Waals surface area contributed by atoms with Crippen molar-refractivity contribution < 1.29 is 4.79 Å². The van der Waals surface area contributed by atoms with Gasteiger partial charge in [0.1, 0.15) is 17.0 Å². The molecular formula is C22H27N5OS. The molecule has 0 saturated carbocycles. The predicted molar refractivity (Wildman–Crippen MR) is 120 cm³/mol. The van der Waals surface area contributed by atoms with Crippen molar-refractivity contribution in [2.75, 3.05) is 42.9 Å². The van der Waals surface area contributed by atoms with E-state index in [0.717, 1.165) is 65.6 Å². The fourth-order valence-corrected chi connectivity index (χ4v) is 4.96. The summed E-state index contributed by atoms with van der Waals surface area (Å²) < 4.78 is 0. The Morgan fingerprint density at radius 1 is 1.17 bits per heavy atom. The molecule has 1 saturated heterocycles. The average molecular weight is 410 g/mol. The summed E-state index contributed by atoms with van der Waals surface area (Å²) in [6.07, 6.45) is 2.80. The summed E-state index contributed by atoms with van der Waals surface area (Å²) in [6.45, 7) is 11.4. The number of anilines is 2. The number of hydrogen-bond acceptors (Lipinski definition) is 6. The van der Waals surface area contributed by atoms with Crippen LogP contribution in [0.15, 0.2) is 30.6 Å². The highest BCUT2D eigenvalue weighted by atomic mass is 32.1. The number of rotatable bonds is 5. The molecule has 0 aliphatic carbocycles. The Labute approximate surface area is 175 Å². The van der Waals surface area contributed by atoms with Crippen LogP contribution in [0.4, 0.5) is 11.5 Å². The molecule has 3 aromatic rings. The number of piperazine rings is 1. The molecule has 1 aliphatic rings. The zero-order chi connectivity index (χ0) is 20.4. The van der Waals surface area contributed by atoms with Crippen LogP contribution < -0.4 is 10.2 Å². The van der Waals surface area contributed by atoms with E-state index < -0.39 is 0 Å². The Morgan fingerprint density at radius 2 is 1.97 bits per heavy atom. The van der Waals surface area contributed by atoms with Gasteiger partial charge in [-0.05, 0) is 50.1 Å². The summed E-state index contributed by atoms with van der Waals surface area (Å²) in [6, 6.07) is 7.85. The van der Waals surface area contributed by atoms with Crippen molar-refractivity contribution in [2.45, 2.75) is 27.2 Å². The highest BCUT2D eigenvalue weighted by Crippen LogP contribution is 2.35. The molecule has 7 heteroatoms. The van der Waals surface area contributed by atoms with E-state index in [9.17, 15) is 4.79 Å². The fraction of sp³-hybridized carbons (Fsp3) is 0.409. The number of aromatic nitrogens is 2. The summed E-state index contributed by atoms with van der Waals surface area (Å²) in [5.74, 6) is 0.865. The van der Waals surface area contributed by atoms with E-state index in [1.807, 2.05) is 38.1 Å². The molecule has 0 spiro atoms. The summed E-state index contributed by atoms with van der Waals surface area (Å²) in [4.78, 5) is 28.4. The molecule has 152 valence electrons. The van der Waals surface area contributed by atoms with Gasteiger partial charge in [-0.1, -0.05) is 19.1 Å². The lowest BCUT2D eigenvalue weighted by Crippen LogP contribution is -2.46. The number of aryl methyl sites for hydroxylation is 2. The van der Waals surface area contributed by atoms with Crippen LogP contribution in [-0.2, 0) is 0 Å². The Hall–Kier alpha value is -2.51. The molecule has 1 aliphatic heterocycles. The van der Waals surface area contributed by atoms with Crippen LogP contribution in [0.2, 0.25) is 0 Å². The van der Waals surface area contributed by atoms with Crippen molar-refractivity contribution in [3.05, 3.63) is 46.6 Å². The number of amides is 1. The van der Waals surface area contributed by atoms with Crippen molar-refractivity contribution in [1.29, 1.82) is 0 Å². The minimum Gasteiger partial charge on any atom is -0.353 e. The first-order valence-corrected chi connectivity index (χ1v) is 11.0. The zero-order valence-corrected chi connectivity index (χ0v) is 18.1. The standard InChI is InChI=1S/C22H27N5OS/c1-4-8-26-9-11-27(12-10-26)20-18-16(3)19(29-22(18)24-14-23-20)21(28)25-17-7-5-6-15(2)13-17/h5-7,13-14H,4,8-12H2,1-3H3,(H,25,28). The van der Waals surface area contributed by atoms with Gasteiger partial charge in [0, 0.05) is 31.9 Å². The van der Waals surface area contributed by atoms with E-state index in [2.05, 4.69) is 32.0 Å². The molecule has 1 N–H and O–H groups in total. The fourth-order valence-electron chi connectivity index (χ4n) is 3.92. The quantitative estimate of drug-likeness (QED) is 0.688. The summed E-state index contributed by atoms with van der Waals surface area (Å²) in [7, 11) is 0. The number of nitrogens with one attached hydrogen (secondary N) is 1. The SMILES string of the molecule is CCCN1CCN(c2ncnc3sc(C(=O)Nc4cccc(C)c4)c(C)c23)CC1. The minimum atomic E-state index is -0.0881. The molecule has 1 aromatic carbocycles. The monoisotopic (exact) mass is 409 g/mol. The number of thiophene rings is 1. The van der Waals surface area contributed by atoms with Gasteiger partial charge in [0.25, 0.3) is 5.91 Å². The lowest BCUT2D eigenvalue weighted by molar-refractivity contribution is 0.103. The van der Waals surface area contributed by atoms with Crippen LogP contribution >= 0.6 is 11.3 Å². The largest absolute Gasteiger partial charge is 0.353 e. The zero-order valence-electron chi connectivity index (χ0n) is 17.2. The molecular weight excluding hydrogens is 382 g/mol. The second-order valence-electron chi connectivity index (χ2n) is 7.59. The molecule has 4 rings (SSSR count). The van der Waals surface area contributed by atoms with Gasteiger partial charge in [0.15, 0.2) is 0 Å². The lowest BCUT2D eigenvalue weighted by Gasteiger charge is -2.35. The molecule has 1 amide bonds. The van der Waals surface area contributed by atoms with Crippen molar-refractivity contribution in [3.63, 3.8) is 0 Å². The molecule has 29 heavy (non-hydrogen) atoms. The molecule has 1 fully saturated rings. The molecule has 0 radical (unpaired) electrons. The normalized spacial score (nSPS) is 15.1. The molecule has 0 atom stereocenters. The van der Waals surface area contributed by atoms with Gasteiger partial charge in [0.05, 0.1) is 10.3 Å². The minimum absolute atomic E-state index is 0.0881. The van der Waals surface area contributed by atoms with Crippen LogP contribution in [0, 0.1) is 13.8 Å². The first kappa shape index (κ1) is 19.8. The van der Waals surface area contributed by atoms with Gasteiger partial charge in [0.2, 0.25) is 0 Å². The maximum atomic E-state index is 12.9. The van der Waals surface area contributed by atoms with Crippen LogP contribution in [-0.4, -0.2) is 53.5 Å². The summed E-state index contributed by atoms with van der Waals surface area (Å²) in [5.41, 5.74) is 2.89. The van der Waals surface area contributed by atoms with Gasteiger partial charge in [-0.2, -0.15) is 0 Å². The molecule has 0 unspecified atom stereocenters. The second kappa shape index (κ2) is 8.47. The van der Waals surface area contributed by atoms with E-state index in [4.69, 9.17) is 0 Å². The van der Waals surface area contributed by atoms with E-state index in [1.54, 1.807) is 6.33 Å². The van der Waals surface area contributed by atoms with Crippen LogP contribution in [0.1, 0.15) is 34.1 Å². The molecule has 6 nitrogen and oxygen atoms in total. The number of carbonyl (C=O) groups is 1. The van der Waals surface area contributed by atoms with Gasteiger partial charge in [-0.15, -0.1) is 11.3 Å². The van der Waals surface area contributed by atoms with Gasteiger partial charge in [-0.3, -0.25) is 9.69 Å². The topological polar surface area (TPSA) is 61.4 Å². The van der Waals surface area contributed by atoms with Crippen molar-refractivity contribution in [2.24, 2.45) is 0 Å². The van der Waals surface area contributed by atoms with Gasteiger partial charge < -0.3 is 10.2 Å². The van der Waals surface area contributed by atoms with Crippen LogP contribution in [0.5, 0.6) is 0 Å².